The number of aryl methyl sites for hydroxylation is 1. The predicted molar refractivity (Wildman–Crippen MR) is 92.6 cm³/mol. The van der Waals surface area contributed by atoms with Crippen LogP contribution in [-0.2, 0) is 12.1 Å². The highest BCUT2D eigenvalue weighted by Crippen LogP contribution is 2.27. The summed E-state index contributed by atoms with van der Waals surface area (Å²) in [5.74, 6) is 1.07. The van der Waals surface area contributed by atoms with Gasteiger partial charge in [-0.1, -0.05) is 6.07 Å². The molecule has 130 valence electrons. The van der Waals surface area contributed by atoms with E-state index in [1.54, 1.807) is 19.1 Å². The zero-order chi connectivity index (χ0) is 17.2. The summed E-state index contributed by atoms with van der Waals surface area (Å²) in [6, 6.07) is 8.82. The number of nitrogens with zero attached hydrogens (tertiary/aromatic N) is 1. The summed E-state index contributed by atoms with van der Waals surface area (Å²) in [7, 11) is 0. The fourth-order valence-electron chi connectivity index (χ4n) is 3.22. The largest absolute Gasteiger partial charge is 0.463 e. The van der Waals surface area contributed by atoms with Crippen molar-refractivity contribution in [1.82, 2.24) is 5.32 Å². The minimum atomic E-state index is -1.13. The van der Waals surface area contributed by atoms with Crippen LogP contribution >= 0.6 is 0 Å². The Balaban J connectivity index is 1.68. The van der Waals surface area contributed by atoms with Gasteiger partial charge < -0.3 is 19.7 Å². The first-order chi connectivity index (χ1) is 11.5. The molecule has 0 amide bonds. The van der Waals surface area contributed by atoms with Gasteiger partial charge in [0.25, 0.3) is 0 Å². The van der Waals surface area contributed by atoms with Gasteiger partial charge in [0.15, 0.2) is 0 Å². The molecule has 3 rings (SSSR count). The molecule has 1 aromatic carbocycles. The minimum Gasteiger partial charge on any atom is -0.463 e. The molecular formula is C19H25FN2O2. The maximum absolute atomic E-state index is 14.3. The smallest absolute Gasteiger partial charge is 0.136 e. The first kappa shape index (κ1) is 17.0. The van der Waals surface area contributed by atoms with Crippen LogP contribution in [0.2, 0.25) is 0 Å². The van der Waals surface area contributed by atoms with E-state index in [2.05, 4.69) is 10.2 Å². The Labute approximate surface area is 142 Å². The number of hydrogen-bond donors (Lipinski definition) is 2. The van der Waals surface area contributed by atoms with Gasteiger partial charge in [-0.2, -0.15) is 0 Å². The van der Waals surface area contributed by atoms with Gasteiger partial charge in [-0.15, -0.1) is 0 Å². The van der Waals surface area contributed by atoms with E-state index in [-0.39, 0.29) is 12.4 Å². The highest BCUT2D eigenvalue weighted by Gasteiger charge is 2.27. The zero-order valence-corrected chi connectivity index (χ0v) is 14.3. The summed E-state index contributed by atoms with van der Waals surface area (Å²) < 4.78 is 19.8. The molecule has 1 atom stereocenters. The number of rotatable bonds is 6. The van der Waals surface area contributed by atoms with Crippen molar-refractivity contribution >= 4 is 5.69 Å². The lowest BCUT2D eigenvalue weighted by atomic mass is 10.0. The standard InChI is InChI=1S/C19H25FN2O2/c1-14-8-9-18(24-14)19(2,23)13-21-12-15-16(20)6-5-7-17(15)22-10-3-4-11-22/h5-9,21,23H,3-4,10-13H2,1-2H3. The number of aliphatic hydroxyl groups is 1. The first-order valence-electron chi connectivity index (χ1n) is 8.50. The van der Waals surface area contributed by atoms with Crippen molar-refractivity contribution in [3.8, 4) is 0 Å². The lowest BCUT2D eigenvalue weighted by Crippen LogP contribution is -2.35. The van der Waals surface area contributed by atoms with Gasteiger partial charge in [-0.3, -0.25) is 0 Å². The molecular weight excluding hydrogens is 307 g/mol. The molecule has 0 aliphatic carbocycles. The molecule has 0 spiro atoms. The van der Waals surface area contributed by atoms with Gasteiger partial charge in [0.2, 0.25) is 0 Å². The van der Waals surface area contributed by atoms with Gasteiger partial charge >= 0.3 is 0 Å². The fraction of sp³-hybridized carbons (Fsp3) is 0.474. The summed E-state index contributed by atoms with van der Waals surface area (Å²) >= 11 is 0. The number of hydrogen-bond acceptors (Lipinski definition) is 4. The minimum absolute atomic E-state index is 0.208. The number of halogens is 1. The fourth-order valence-corrected chi connectivity index (χ4v) is 3.22. The molecule has 1 saturated heterocycles. The second kappa shape index (κ2) is 6.95. The summed E-state index contributed by atoms with van der Waals surface area (Å²) in [6.45, 7) is 6.14. The van der Waals surface area contributed by atoms with E-state index in [1.165, 1.54) is 6.07 Å². The third kappa shape index (κ3) is 3.62. The van der Waals surface area contributed by atoms with Crippen LogP contribution < -0.4 is 10.2 Å². The quantitative estimate of drug-likeness (QED) is 0.852. The van der Waals surface area contributed by atoms with Crippen molar-refractivity contribution in [2.45, 2.75) is 38.8 Å². The van der Waals surface area contributed by atoms with Gasteiger partial charge in [0.05, 0.1) is 0 Å². The third-order valence-electron chi connectivity index (χ3n) is 4.58. The maximum atomic E-state index is 14.3. The lowest BCUT2D eigenvalue weighted by molar-refractivity contribution is 0.0332. The van der Waals surface area contributed by atoms with Crippen molar-refractivity contribution in [3.63, 3.8) is 0 Å². The van der Waals surface area contributed by atoms with E-state index >= 15 is 0 Å². The van der Waals surface area contributed by atoms with Gasteiger partial charge in [-0.25, -0.2) is 4.39 Å². The number of furan rings is 1. The molecule has 1 unspecified atom stereocenters. The van der Waals surface area contributed by atoms with Crippen LogP contribution in [0.4, 0.5) is 10.1 Å². The molecule has 1 aromatic heterocycles. The third-order valence-corrected chi connectivity index (χ3v) is 4.58. The van der Waals surface area contributed by atoms with Crippen LogP contribution in [0.15, 0.2) is 34.7 Å². The highest BCUT2D eigenvalue weighted by molar-refractivity contribution is 5.54. The van der Waals surface area contributed by atoms with E-state index in [0.29, 0.717) is 17.9 Å². The van der Waals surface area contributed by atoms with Crippen molar-refractivity contribution < 1.29 is 13.9 Å². The van der Waals surface area contributed by atoms with Crippen LogP contribution in [0.3, 0.4) is 0 Å². The molecule has 0 bridgehead atoms. The molecule has 1 aliphatic rings. The molecule has 2 heterocycles. The number of benzene rings is 1. The highest BCUT2D eigenvalue weighted by atomic mass is 19.1. The molecule has 0 radical (unpaired) electrons. The monoisotopic (exact) mass is 332 g/mol. The van der Waals surface area contributed by atoms with Crippen molar-refractivity contribution in [2.24, 2.45) is 0 Å². The van der Waals surface area contributed by atoms with Crippen molar-refractivity contribution in [1.29, 1.82) is 0 Å². The van der Waals surface area contributed by atoms with Crippen LogP contribution in [0, 0.1) is 12.7 Å². The Bertz CT molecular complexity index is 690. The second-order valence-electron chi connectivity index (χ2n) is 6.72. The Morgan fingerprint density at radius 2 is 2.00 bits per heavy atom. The van der Waals surface area contributed by atoms with Crippen molar-refractivity contribution in [3.05, 3.63) is 53.2 Å². The summed E-state index contributed by atoms with van der Waals surface area (Å²) in [5, 5.41) is 13.7. The van der Waals surface area contributed by atoms with Crippen LogP contribution in [0.25, 0.3) is 0 Å². The van der Waals surface area contributed by atoms with Gasteiger partial charge in [0, 0.05) is 37.4 Å². The molecule has 2 N–H and O–H groups in total. The summed E-state index contributed by atoms with van der Waals surface area (Å²) in [6.07, 6.45) is 2.30. The van der Waals surface area contributed by atoms with Crippen LogP contribution in [0.5, 0.6) is 0 Å². The molecule has 24 heavy (non-hydrogen) atoms. The van der Waals surface area contributed by atoms with Gasteiger partial charge in [-0.05, 0) is 51.0 Å². The Hall–Kier alpha value is -1.85. The lowest BCUT2D eigenvalue weighted by Gasteiger charge is -2.24. The molecule has 1 aliphatic heterocycles. The molecule has 5 heteroatoms. The SMILES string of the molecule is Cc1ccc(C(C)(O)CNCc2c(F)cccc2N2CCCC2)o1. The molecule has 4 nitrogen and oxygen atoms in total. The average molecular weight is 332 g/mol. The second-order valence-corrected chi connectivity index (χ2v) is 6.72. The van der Waals surface area contributed by atoms with Gasteiger partial charge in [0.1, 0.15) is 22.9 Å². The Morgan fingerprint density at radius 3 is 2.67 bits per heavy atom. The average Bonchev–Trinajstić information content (AvgIpc) is 3.20. The van der Waals surface area contributed by atoms with E-state index in [4.69, 9.17) is 4.42 Å². The predicted octanol–water partition coefficient (Wildman–Crippen LogP) is 3.32. The molecule has 0 saturated carbocycles. The summed E-state index contributed by atoms with van der Waals surface area (Å²) in [5.41, 5.74) is 0.479. The Kier molecular flexibility index (Phi) is 4.92. The summed E-state index contributed by atoms with van der Waals surface area (Å²) in [4.78, 5) is 2.23. The Morgan fingerprint density at radius 1 is 1.25 bits per heavy atom. The molecule has 2 aromatic rings. The van der Waals surface area contributed by atoms with E-state index in [9.17, 15) is 9.50 Å². The zero-order valence-electron chi connectivity index (χ0n) is 14.3. The van der Waals surface area contributed by atoms with E-state index in [0.717, 1.165) is 37.4 Å². The van der Waals surface area contributed by atoms with E-state index in [1.807, 2.05) is 19.1 Å². The van der Waals surface area contributed by atoms with Crippen molar-refractivity contribution in [2.75, 3.05) is 24.5 Å². The molecule has 1 fully saturated rings. The van der Waals surface area contributed by atoms with Crippen LogP contribution in [0.1, 0.15) is 36.8 Å². The topological polar surface area (TPSA) is 48.6 Å². The normalized spacial score (nSPS) is 17.2. The number of anilines is 1. The maximum Gasteiger partial charge on any atom is 0.136 e. The van der Waals surface area contributed by atoms with E-state index < -0.39 is 5.60 Å². The number of nitrogens with one attached hydrogen (secondary N) is 1. The first-order valence-corrected chi connectivity index (χ1v) is 8.50. The van der Waals surface area contributed by atoms with Crippen LogP contribution in [-0.4, -0.2) is 24.7 Å².